The average molecular weight is 522 g/mol. The number of rotatable bonds is 13. The molecule has 0 radical (unpaired) electrons. The lowest BCUT2D eigenvalue weighted by Gasteiger charge is -2.18. The number of aliphatic carboxylic acids is 1. The Kier molecular flexibility index (Phi) is 10.7. The molecule has 37 heavy (non-hydrogen) atoms. The van der Waals surface area contributed by atoms with Gasteiger partial charge in [-0.05, 0) is 53.3 Å². The molecular weight excluding hydrogens is 490 g/mol. The Labute approximate surface area is 220 Å². The summed E-state index contributed by atoms with van der Waals surface area (Å²) in [5, 5.41) is 14.9. The van der Waals surface area contributed by atoms with Crippen LogP contribution in [0.2, 0.25) is 0 Å². The molecule has 0 aliphatic rings. The molecule has 0 spiro atoms. The van der Waals surface area contributed by atoms with Crippen molar-refractivity contribution in [2.45, 2.75) is 25.1 Å². The summed E-state index contributed by atoms with van der Waals surface area (Å²) in [4.78, 5) is 37.4. The van der Waals surface area contributed by atoms with Crippen molar-refractivity contribution in [3.05, 3.63) is 90.0 Å². The molecule has 0 heterocycles. The average Bonchev–Trinajstić information content (AvgIpc) is 2.91. The summed E-state index contributed by atoms with van der Waals surface area (Å²) < 4.78 is 5.58. The number of carboxylic acids is 1. The Bertz CT molecular complexity index is 1190. The number of amides is 2. The first-order valence-corrected chi connectivity index (χ1v) is 13.2. The van der Waals surface area contributed by atoms with Gasteiger partial charge in [-0.3, -0.25) is 9.59 Å². The summed E-state index contributed by atoms with van der Waals surface area (Å²) in [6.07, 6.45) is 2.18. The lowest BCUT2D eigenvalue weighted by Crippen LogP contribution is -2.41. The van der Waals surface area contributed by atoms with Gasteiger partial charge in [0, 0.05) is 11.3 Å². The Morgan fingerprint density at radius 1 is 1.00 bits per heavy atom. The van der Waals surface area contributed by atoms with E-state index in [0.717, 1.165) is 11.1 Å². The van der Waals surface area contributed by atoms with Gasteiger partial charge in [0.15, 0.2) is 0 Å². The van der Waals surface area contributed by atoms with Gasteiger partial charge in [-0.15, -0.1) is 0 Å². The molecule has 3 aromatic rings. The number of anilines is 1. The fourth-order valence-corrected chi connectivity index (χ4v) is 4.07. The number of carbonyl (C=O) groups is 3. The highest BCUT2D eigenvalue weighted by Gasteiger charge is 2.23. The van der Waals surface area contributed by atoms with E-state index in [9.17, 15) is 19.5 Å². The van der Waals surface area contributed by atoms with Crippen molar-refractivity contribution in [3.63, 3.8) is 0 Å². The molecule has 0 aliphatic heterocycles. The van der Waals surface area contributed by atoms with Gasteiger partial charge in [-0.2, -0.15) is 11.8 Å². The summed E-state index contributed by atoms with van der Waals surface area (Å²) in [5.74, 6) is -1.41. The lowest BCUT2D eigenvalue weighted by molar-refractivity contribution is -0.139. The Hall–Kier alpha value is -3.66. The van der Waals surface area contributed by atoms with Crippen molar-refractivity contribution < 1.29 is 24.2 Å². The minimum absolute atomic E-state index is 0.0411. The molecule has 5 N–H and O–H groups in total. The zero-order valence-corrected chi connectivity index (χ0v) is 21.4. The van der Waals surface area contributed by atoms with Crippen molar-refractivity contribution >= 4 is 35.2 Å². The minimum Gasteiger partial charge on any atom is -0.480 e. The van der Waals surface area contributed by atoms with Crippen molar-refractivity contribution in [1.82, 2.24) is 5.32 Å². The van der Waals surface area contributed by atoms with E-state index in [2.05, 4.69) is 10.6 Å². The molecule has 8 nitrogen and oxygen atoms in total. The molecule has 0 saturated carbocycles. The number of ether oxygens (including phenoxy) is 1. The van der Waals surface area contributed by atoms with Crippen LogP contribution in [0.4, 0.5) is 5.69 Å². The molecule has 9 heteroatoms. The van der Waals surface area contributed by atoms with Crippen LogP contribution >= 0.6 is 11.8 Å². The van der Waals surface area contributed by atoms with Crippen LogP contribution in [0.1, 0.15) is 22.3 Å². The van der Waals surface area contributed by atoms with Crippen LogP contribution in [0.15, 0.2) is 78.9 Å². The summed E-state index contributed by atoms with van der Waals surface area (Å²) in [6.45, 7) is 0.386. The quantitative estimate of drug-likeness (QED) is 0.269. The second kappa shape index (κ2) is 14.2. The van der Waals surface area contributed by atoms with Crippen molar-refractivity contribution in [3.8, 4) is 11.1 Å². The number of nitrogens with two attached hydrogens (primary N) is 1. The normalized spacial score (nSPS) is 12.4. The van der Waals surface area contributed by atoms with Gasteiger partial charge in [0.2, 0.25) is 5.91 Å². The van der Waals surface area contributed by atoms with Crippen LogP contribution in [0.5, 0.6) is 0 Å². The highest BCUT2D eigenvalue weighted by atomic mass is 32.2. The topological polar surface area (TPSA) is 131 Å². The van der Waals surface area contributed by atoms with E-state index in [1.54, 1.807) is 18.2 Å². The highest BCUT2D eigenvalue weighted by Crippen LogP contribution is 2.27. The number of nitrogens with one attached hydrogen (secondary N) is 2. The molecular formula is C28H31N3O5S. The SMILES string of the molecule is CSCC[C@H](NC(=O)c1ccc(NC(=O)C(N)COCc2ccccc2)cc1-c1ccccc1)C(=O)O. The van der Waals surface area contributed by atoms with Gasteiger partial charge in [-0.25, -0.2) is 4.79 Å². The van der Waals surface area contributed by atoms with Crippen LogP contribution in [0.3, 0.4) is 0 Å². The summed E-state index contributed by atoms with van der Waals surface area (Å²) >= 11 is 1.51. The van der Waals surface area contributed by atoms with Gasteiger partial charge >= 0.3 is 5.97 Å². The second-order valence-corrected chi connectivity index (χ2v) is 9.35. The van der Waals surface area contributed by atoms with Gasteiger partial charge in [0.05, 0.1) is 13.2 Å². The zero-order chi connectivity index (χ0) is 26.6. The molecule has 0 aliphatic carbocycles. The van der Waals surface area contributed by atoms with Crippen molar-refractivity contribution in [1.29, 1.82) is 0 Å². The van der Waals surface area contributed by atoms with Crippen LogP contribution in [-0.4, -0.2) is 53.6 Å². The van der Waals surface area contributed by atoms with Crippen molar-refractivity contribution in [2.75, 3.05) is 23.9 Å². The fraction of sp³-hybridized carbons (Fsp3) is 0.250. The number of carboxylic acid groups (broad SMARTS) is 1. The number of benzene rings is 3. The molecule has 0 aromatic heterocycles. The van der Waals surface area contributed by atoms with E-state index in [1.165, 1.54) is 11.8 Å². The maximum Gasteiger partial charge on any atom is 0.326 e. The monoisotopic (exact) mass is 521 g/mol. The fourth-order valence-electron chi connectivity index (χ4n) is 3.59. The third kappa shape index (κ3) is 8.45. The molecule has 3 rings (SSSR count). The van der Waals surface area contributed by atoms with Crippen LogP contribution in [-0.2, 0) is 20.9 Å². The van der Waals surface area contributed by atoms with Gasteiger partial charge in [0.1, 0.15) is 12.1 Å². The van der Waals surface area contributed by atoms with E-state index < -0.39 is 29.9 Å². The molecule has 2 amide bonds. The predicted molar refractivity (Wildman–Crippen MR) is 146 cm³/mol. The second-order valence-electron chi connectivity index (χ2n) is 8.37. The molecule has 0 saturated heterocycles. The molecule has 3 aromatic carbocycles. The Morgan fingerprint density at radius 3 is 2.32 bits per heavy atom. The summed E-state index contributed by atoms with van der Waals surface area (Å²) in [5.41, 5.74) is 9.06. The number of hydrogen-bond acceptors (Lipinski definition) is 6. The van der Waals surface area contributed by atoms with E-state index in [1.807, 2.05) is 66.9 Å². The third-order valence-electron chi connectivity index (χ3n) is 5.58. The van der Waals surface area contributed by atoms with E-state index in [4.69, 9.17) is 10.5 Å². The van der Waals surface area contributed by atoms with Gasteiger partial charge < -0.3 is 26.2 Å². The lowest BCUT2D eigenvalue weighted by atomic mass is 9.98. The van der Waals surface area contributed by atoms with Crippen LogP contribution in [0.25, 0.3) is 11.1 Å². The minimum atomic E-state index is -1.09. The number of hydrogen-bond donors (Lipinski definition) is 4. The molecule has 2 atom stereocenters. The maximum atomic E-state index is 13.1. The van der Waals surface area contributed by atoms with Gasteiger partial charge in [-0.1, -0.05) is 60.7 Å². The first-order valence-electron chi connectivity index (χ1n) is 11.8. The van der Waals surface area contributed by atoms with Crippen LogP contribution in [0, 0.1) is 0 Å². The molecule has 0 bridgehead atoms. The molecule has 0 fully saturated rings. The maximum absolute atomic E-state index is 13.1. The molecule has 1 unspecified atom stereocenters. The smallest absolute Gasteiger partial charge is 0.326 e. The first kappa shape index (κ1) is 27.9. The Morgan fingerprint density at radius 2 is 1.68 bits per heavy atom. The predicted octanol–water partition coefficient (Wildman–Crippen LogP) is 3.77. The standard InChI is InChI=1S/C28H31N3O5S/c1-37-15-14-25(28(34)35)31-26(32)22-13-12-21(16-23(22)20-10-6-3-7-11-20)30-27(33)24(29)18-36-17-19-8-4-2-5-9-19/h2-13,16,24-25H,14-15,17-18,29H2,1H3,(H,30,33)(H,31,32)(H,34,35)/t24?,25-/m0/s1. The Balaban J connectivity index is 1.73. The van der Waals surface area contributed by atoms with Gasteiger partial charge in [0.25, 0.3) is 5.91 Å². The zero-order valence-electron chi connectivity index (χ0n) is 20.6. The van der Waals surface area contributed by atoms with E-state index in [-0.39, 0.29) is 6.61 Å². The van der Waals surface area contributed by atoms with Crippen LogP contribution < -0.4 is 16.4 Å². The van der Waals surface area contributed by atoms with E-state index in [0.29, 0.717) is 35.6 Å². The van der Waals surface area contributed by atoms with E-state index >= 15 is 0 Å². The first-order chi connectivity index (χ1) is 17.9. The largest absolute Gasteiger partial charge is 0.480 e. The number of thioether (sulfide) groups is 1. The summed E-state index contributed by atoms with van der Waals surface area (Å²) in [7, 11) is 0. The number of carbonyl (C=O) groups excluding carboxylic acids is 2. The molecule has 194 valence electrons. The summed E-state index contributed by atoms with van der Waals surface area (Å²) in [6, 6.07) is 21.7. The van der Waals surface area contributed by atoms with Crippen molar-refractivity contribution in [2.24, 2.45) is 5.73 Å². The third-order valence-corrected chi connectivity index (χ3v) is 6.22. The highest BCUT2D eigenvalue weighted by molar-refractivity contribution is 7.98.